The summed E-state index contributed by atoms with van der Waals surface area (Å²) >= 11 is 0. The van der Waals surface area contributed by atoms with Gasteiger partial charge in [-0.05, 0) is 19.8 Å². The highest BCUT2D eigenvalue weighted by atomic mass is 15.0. The van der Waals surface area contributed by atoms with Crippen molar-refractivity contribution in [2.45, 2.75) is 239 Å². The van der Waals surface area contributed by atoms with Gasteiger partial charge in [-0.2, -0.15) is 0 Å². The number of rotatable bonds is 35. The van der Waals surface area contributed by atoms with Crippen molar-refractivity contribution in [3.63, 3.8) is 0 Å². The molecule has 0 fully saturated rings. The van der Waals surface area contributed by atoms with E-state index in [0.29, 0.717) is 6.42 Å². The minimum absolute atomic E-state index is 0.667. The van der Waals surface area contributed by atoms with Crippen LogP contribution in [0.15, 0.2) is 0 Å². The fourth-order valence-corrected chi connectivity index (χ4v) is 6.52. The van der Waals surface area contributed by atoms with E-state index in [2.05, 4.69) is 20.8 Å². The van der Waals surface area contributed by atoms with Gasteiger partial charge in [-0.15, -0.1) is 0 Å². The third-order valence-corrected chi connectivity index (χ3v) is 9.51. The summed E-state index contributed by atoms with van der Waals surface area (Å²) in [6.07, 6.45) is 47.7. The van der Waals surface area contributed by atoms with E-state index in [-0.39, 0.29) is 0 Å². The second-order valence-electron chi connectivity index (χ2n) is 13.9. The zero-order valence-corrected chi connectivity index (χ0v) is 30.3. The van der Waals surface area contributed by atoms with Crippen molar-refractivity contribution < 1.29 is 0 Å². The molecule has 257 valence electrons. The van der Waals surface area contributed by atoms with Gasteiger partial charge < -0.3 is 0 Å². The molecule has 44 heavy (non-hydrogen) atoms. The molecule has 1 aromatic rings. The highest BCUT2D eigenvalue weighted by Crippen LogP contribution is 2.16. The van der Waals surface area contributed by atoms with E-state index in [1.165, 1.54) is 205 Å². The molecule has 0 saturated heterocycles. The summed E-state index contributed by atoms with van der Waals surface area (Å²) in [6.45, 7) is 8.64. The van der Waals surface area contributed by atoms with E-state index in [0.717, 1.165) is 30.3 Å². The molecule has 0 spiro atoms. The largest absolute Gasteiger partial charge is 0.218 e. The molecule has 0 N–H and O–H groups in total. The van der Waals surface area contributed by atoms with Crippen LogP contribution in [0.1, 0.15) is 237 Å². The van der Waals surface area contributed by atoms with E-state index in [4.69, 9.17) is 15.0 Å². The van der Waals surface area contributed by atoms with E-state index in [1.54, 1.807) is 0 Å². The second-order valence-corrected chi connectivity index (χ2v) is 13.9. The average Bonchev–Trinajstić information content (AvgIpc) is 3.04. The molecule has 1 aromatic heterocycles. The van der Waals surface area contributed by atoms with Crippen molar-refractivity contribution >= 4 is 0 Å². The number of hydrogen-bond donors (Lipinski definition) is 0. The number of hydrogen-bond acceptors (Lipinski definition) is 3. The van der Waals surface area contributed by atoms with Crippen molar-refractivity contribution in [1.82, 2.24) is 15.0 Å². The van der Waals surface area contributed by atoms with Gasteiger partial charge in [-0.1, -0.05) is 206 Å². The lowest BCUT2D eigenvalue weighted by atomic mass is 10.0. The third-order valence-electron chi connectivity index (χ3n) is 9.51. The third kappa shape index (κ3) is 27.3. The molecule has 0 aliphatic carbocycles. The van der Waals surface area contributed by atoms with Gasteiger partial charge >= 0.3 is 0 Å². The van der Waals surface area contributed by atoms with E-state index in [1.807, 2.05) is 0 Å². The number of aryl methyl sites for hydroxylation is 2. The standard InChI is InChI=1S/C41H78N3/c1-4-7-9-11-13-15-17-19-21-23-25-27-29-31-33-35-37-40-42-39(6-3)43-41(44-40)38-36-34-32-30-28-26-24-22-20-18-16-14-12-10-8-5-2/h3-38H2,1-2H3. The summed E-state index contributed by atoms with van der Waals surface area (Å²) in [7, 11) is 0. The molecule has 1 radical (unpaired) electrons. The first kappa shape index (κ1) is 41.0. The Hall–Kier alpha value is -0.990. The molecule has 0 unspecified atom stereocenters. The van der Waals surface area contributed by atoms with Crippen molar-refractivity contribution in [2.75, 3.05) is 0 Å². The Morgan fingerprint density at radius 3 is 0.727 bits per heavy atom. The maximum absolute atomic E-state index is 4.85. The van der Waals surface area contributed by atoms with Gasteiger partial charge in [0, 0.05) is 19.3 Å². The molecular weight excluding hydrogens is 534 g/mol. The van der Waals surface area contributed by atoms with E-state index >= 15 is 0 Å². The first-order chi connectivity index (χ1) is 21.8. The summed E-state index contributed by atoms with van der Waals surface area (Å²) in [5.41, 5.74) is 0. The topological polar surface area (TPSA) is 38.7 Å². The van der Waals surface area contributed by atoms with Crippen LogP contribution in [-0.2, 0) is 19.3 Å². The lowest BCUT2D eigenvalue weighted by molar-refractivity contribution is 0.527. The number of aromatic nitrogens is 3. The fourth-order valence-electron chi connectivity index (χ4n) is 6.52. The van der Waals surface area contributed by atoms with Gasteiger partial charge in [0.15, 0.2) is 0 Å². The Kier molecular flexibility index (Phi) is 31.1. The summed E-state index contributed by atoms with van der Waals surface area (Å²) in [6, 6.07) is 0. The minimum Gasteiger partial charge on any atom is -0.218 e. The normalized spacial score (nSPS) is 11.5. The van der Waals surface area contributed by atoms with Gasteiger partial charge in [-0.25, -0.2) is 15.0 Å². The molecule has 3 heteroatoms. The fraction of sp³-hybridized carbons (Fsp3) is 0.902. The Bertz CT molecular complexity index is 649. The predicted molar refractivity (Wildman–Crippen MR) is 195 cm³/mol. The lowest BCUT2D eigenvalue weighted by Gasteiger charge is -2.07. The zero-order chi connectivity index (χ0) is 31.6. The Morgan fingerprint density at radius 2 is 0.500 bits per heavy atom. The molecule has 1 heterocycles. The lowest BCUT2D eigenvalue weighted by Crippen LogP contribution is -2.08. The SMILES string of the molecule is [CH2]Cc1nc(CCCCCCCCCCCCCCCCCC)nc(CCCCCCCCCCCCCCCCCC)n1. The summed E-state index contributed by atoms with van der Waals surface area (Å²) in [5, 5.41) is 0. The molecule has 0 aliphatic rings. The molecule has 0 saturated carbocycles. The van der Waals surface area contributed by atoms with Crippen LogP contribution in [0.4, 0.5) is 0 Å². The van der Waals surface area contributed by atoms with Crippen LogP contribution in [0.25, 0.3) is 0 Å². The van der Waals surface area contributed by atoms with Gasteiger partial charge in [0.05, 0.1) is 0 Å². The van der Waals surface area contributed by atoms with Gasteiger partial charge in [0.25, 0.3) is 0 Å². The van der Waals surface area contributed by atoms with Crippen LogP contribution in [-0.4, -0.2) is 15.0 Å². The van der Waals surface area contributed by atoms with Crippen LogP contribution in [0, 0.1) is 6.92 Å². The second kappa shape index (κ2) is 33.4. The van der Waals surface area contributed by atoms with Crippen molar-refractivity contribution in [2.24, 2.45) is 0 Å². The Labute approximate surface area is 277 Å². The molecule has 0 aromatic carbocycles. The summed E-state index contributed by atoms with van der Waals surface area (Å²) in [5.74, 6) is 2.91. The Balaban J connectivity index is 1.97. The first-order valence-electron chi connectivity index (χ1n) is 20.3. The maximum Gasteiger partial charge on any atom is 0.132 e. The highest BCUT2D eigenvalue weighted by molar-refractivity contribution is 4.99. The van der Waals surface area contributed by atoms with Crippen LogP contribution < -0.4 is 0 Å². The molecular formula is C41H78N3. The van der Waals surface area contributed by atoms with E-state index < -0.39 is 0 Å². The summed E-state index contributed by atoms with van der Waals surface area (Å²) in [4.78, 5) is 14.2. The molecule has 0 bridgehead atoms. The predicted octanol–water partition coefficient (Wildman–Crippen LogP) is 13.9. The van der Waals surface area contributed by atoms with Crippen molar-refractivity contribution in [3.8, 4) is 0 Å². The van der Waals surface area contributed by atoms with Gasteiger partial charge in [0.2, 0.25) is 0 Å². The molecule has 1 rings (SSSR count). The monoisotopic (exact) mass is 613 g/mol. The molecule has 3 nitrogen and oxygen atoms in total. The minimum atomic E-state index is 0.667. The van der Waals surface area contributed by atoms with Crippen LogP contribution >= 0.6 is 0 Å². The van der Waals surface area contributed by atoms with Gasteiger partial charge in [-0.3, -0.25) is 0 Å². The maximum atomic E-state index is 4.85. The highest BCUT2D eigenvalue weighted by Gasteiger charge is 2.06. The van der Waals surface area contributed by atoms with Gasteiger partial charge in [0.1, 0.15) is 17.5 Å². The first-order valence-corrected chi connectivity index (χ1v) is 20.3. The Morgan fingerprint density at radius 1 is 0.295 bits per heavy atom. The van der Waals surface area contributed by atoms with Crippen LogP contribution in [0.5, 0.6) is 0 Å². The quantitative estimate of drug-likeness (QED) is 0.0716. The molecule has 0 amide bonds. The summed E-state index contributed by atoms with van der Waals surface area (Å²) < 4.78 is 0. The number of unbranched alkanes of at least 4 members (excludes halogenated alkanes) is 30. The van der Waals surface area contributed by atoms with E-state index in [9.17, 15) is 0 Å². The smallest absolute Gasteiger partial charge is 0.132 e. The number of nitrogens with zero attached hydrogens (tertiary/aromatic N) is 3. The van der Waals surface area contributed by atoms with Crippen molar-refractivity contribution in [1.29, 1.82) is 0 Å². The van der Waals surface area contributed by atoms with Crippen LogP contribution in [0.2, 0.25) is 0 Å². The van der Waals surface area contributed by atoms with Crippen molar-refractivity contribution in [3.05, 3.63) is 24.4 Å². The van der Waals surface area contributed by atoms with Crippen LogP contribution in [0.3, 0.4) is 0 Å². The average molecular weight is 613 g/mol. The molecule has 0 atom stereocenters. The zero-order valence-electron chi connectivity index (χ0n) is 30.3. The molecule has 0 aliphatic heterocycles.